The van der Waals surface area contributed by atoms with Gasteiger partial charge in [-0.25, -0.2) is 9.78 Å². The second kappa shape index (κ2) is 4.73. The van der Waals surface area contributed by atoms with Gasteiger partial charge in [0.05, 0.1) is 4.47 Å². The van der Waals surface area contributed by atoms with Crippen molar-refractivity contribution in [3.05, 3.63) is 16.7 Å². The molecule has 1 amide bonds. The third-order valence-electron chi connectivity index (χ3n) is 1.33. The van der Waals surface area contributed by atoms with Crippen molar-refractivity contribution in [3.8, 4) is 0 Å². The lowest BCUT2D eigenvalue weighted by Gasteiger charge is -2.19. The first-order chi connectivity index (χ1) is 7.28. The zero-order valence-corrected chi connectivity index (χ0v) is 10.6. The average Bonchev–Trinajstić information content (AvgIpc) is 2.08. The highest BCUT2D eigenvalue weighted by molar-refractivity contribution is 9.10. The van der Waals surface area contributed by atoms with Crippen LogP contribution in [0.2, 0.25) is 0 Å². The number of carbonyl (C=O) groups is 1. The molecule has 5 nitrogen and oxygen atoms in total. The van der Waals surface area contributed by atoms with Crippen LogP contribution >= 0.6 is 15.9 Å². The summed E-state index contributed by atoms with van der Waals surface area (Å²) in [5.74, 6) is 0.0294. The predicted octanol–water partition coefficient (Wildman–Crippen LogP) is 2.73. The van der Waals surface area contributed by atoms with Crippen LogP contribution in [0.4, 0.5) is 15.0 Å². The third-order valence-corrected chi connectivity index (χ3v) is 1.91. The number of hydrogen-bond donors (Lipinski definition) is 1. The van der Waals surface area contributed by atoms with Gasteiger partial charge in [-0.1, -0.05) is 0 Å². The molecule has 0 spiro atoms. The normalized spacial score (nSPS) is 11.1. The third kappa shape index (κ3) is 4.09. The van der Waals surface area contributed by atoms with Gasteiger partial charge in [0, 0.05) is 6.20 Å². The first kappa shape index (κ1) is 12.8. The maximum absolute atomic E-state index is 12.7. The van der Waals surface area contributed by atoms with Crippen molar-refractivity contribution in [1.29, 1.82) is 0 Å². The van der Waals surface area contributed by atoms with Crippen LogP contribution < -0.4 is 5.32 Å². The molecule has 88 valence electrons. The molecule has 0 aliphatic heterocycles. The molecule has 0 saturated carbocycles. The fourth-order valence-electron chi connectivity index (χ4n) is 0.834. The molecule has 1 aromatic rings. The highest BCUT2D eigenvalue weighted by atomic mass is 79.9. The van der Waals surface area contributed by atoms with E-state index in [4.69, 9.17) is 4.74 Å². The lowest BCUT2D eigenvalue weighted by molar-refractivity contribution is 0.0635. The van der Waals surface area contributed by atoms with Gasteiger partial charge in [-0.2, -0.15) is 9.37 Å². The van der Waals surface area contributed by atoms with Gasteiger partial charge in [0.2, 0.25) is 0 Å². The summed E-state index contributed by atoms with van der Waals surface area (Å²) in [4.78, 5) is 18.1. The number of hydrogen-bond acceptors (Lipinski definition) is 4. The molecular formula is C9H11BrFN3O2. The summed E-state index contributed by atoms with van der Waals surface area (Å²) in [5.41, 5.74) is -0.623. The molecule has 0 atom stereocenters. The van der Waals surface area contributed by atoms with E-state index in [1.807, 2.05) is 0 Å². The maximum Gasteiger partial charge on any atom is 0.413 e. The van der Waals surface area contributed by atoms with Crippen LogP contribution in [0.25, 0.3) is 0 Å². The number of nitrogens with zero attached hydrogens (tertiary/aromatic N) is 2. The Labute approximate surface area is 101 Å². The van der Waals surface area contributed by atoms with Crippen molar-refractivity contribution in [2.24, 2.45) is 0 Å². The Morgan fingerprint density at radius 3 is 2.75 bits per heavy atom. The van der Waals surface area contributed by atoms with Crippen LogP contribution in [-0.2, 0) is 4.74 Å². The van der Waals surface area contributed by atoms with Crippen LogP contribution in [0.5, 0.6) is 0 Å². The molecule has 1 aromatic heterocycles. The van der Waals surface area contributed by atoms with Gasteiger partial charge in [-0.15, -0.1) is 0 Å². The summed E-state index contributed by atoms with van der Waals surface area (Å²) < 4.78 is 18.1. The number of halogens is 2. The summed E-state index contributed by atoms with van der Waals surface area (Å²) in [7, 11) is 0. The Kier molecular flexibility index (Phi) is 3.79. The molecule has 0 aromatic carbocycles. The number of aromatic nitrogens is 2. The molecule has 1 rings (SSSR count). The van der Waals surface area contributed by atoms with Gasteiger partial charge in [0.15, 0.2) is 5.82 Å². The van der Waals surface area contributed by atoms with Gasteiger partial charge in [-0.3, -0.25) is 5.32 Å². The van der Waals surface area contributed by atoms with Crippen molar-refractivity contribution >= 4 is 27.8 Å². The van der Waals surface area contributed by atoms with E-state index >= 15 is 0 Å². The monoisotopic (exact) mass is 291 g/mol. The Hall–Kier alpha value is -1.24. The predicted molar refractivity (Wildman–Crippen MR) is 59.5 cm³/mol. The maximum atomic E-state index is 12.7. The van der Waals surface area contributed by atoms with E-state index in [0.29, 0.717) is 4.47 Å². The summed E-state index contributed by atoms with van der Waals surface area (Å²) in [5, 5.41) is 2.31. The minimum Gasteiger partial charge on any atom is -0.444 e. The lowest BCUT2D eigenvalue weighted by Crippen LogP contribution is -2.27. The van der Waals surface area contributed by atoms with Crippen LogP contribution in [0.15, 0.2) is 10.7 Å². The summed E-state index contributed by atoms with van der Waals surface area (Å²) in [6.45, 7) is 5.17. The molecule has 0 saturated heterocycles. The smallest absolute Gasteiger partial charge is 0.413 e. The van der Waals surface area contributed by atoms with E-state index in [2.05, 4.69) is 31.2 Å². The Balaban J connectivity index is 2.73. The van der Waals surface area contributed by atoms with E-state index in [-0.39, 0.29) is 5.82 Å². The van der Waals surface area contributed by atoms with E-state index in [0.717, 1.165) is 0 Å². The Bertz CT molecular complexity index is 406. The molecule has 0 aliphatic rings. The number of nitrogens with one attached hydrogen (secondary N) is 1. The van der Waals surface area contributed by atoms with Crippen molar-refractivity contribution in [3.63, 3.8) is 0 Å². The Morgan fingerprint density at radius 2 is 2.19 bits per heavy atom. The zero-order chi connectivity index (χ0) is 12.3. The molecule has 1 heterocycles. The second-order valence-corrected chi connectivity index (χ2v) is 4.82. The number of amides is 1. The molecule has 0 aliphatic carbocycles. The van der Waals surface area contributed by atoms with Crippen LogP contribution in [0.1, 0.15) is 20.8 Å². The van der Waals surface area contributed by atoms with E-state index < -0.39 is 17.8 Å². The summed E-state index contributed by atoms with van der Waals surface area (Å²) in [6.07, 6.45) is -0.421. The molecule has 0 bridgehead atoms. The average molecular weight is 292 g/mol. The topological polar surface area (TPSA) is 64.1 Å². The summed E-state index contributed by atoms with van der Waals surface area (Å²) in [6, 6.07) is 0. The minimum atomic E-state index is -0.922. The number of ether oxygens (including phenoxy) is 1. The SMILES string of the molecule is CC(C)(C)OC(=O)Nc1nc(F)ncc1Br. The molecule has 0 radical (unpaired) electrons. The van der Waals surface area contributed by atoms with Crippen LogP contribution in [-0.4, -0.2) is 21.7 Å². The van der Waals surface area contributed by atoms with Crippen molar-refractivity contribution < 1.29 is 13.9 Å². The molecule has 0 unspecified atom stereocenters. The molecule has 1 N–H and O–H groups in total. The highest BCUT2D eigenvalue weighted by Gasteiger charge is 2.17. The molecule has 16 heavy (non-hydrogen) atoms. The van der Waals surface area contributed by atoms with E-state index in [9.17, 15) is 9.18 Å². The highest BCUT2D eigenvalue weighted by Crippen LogP contribution is 2.19. The number of anilines is 1. The Morgan fingerprint density at radius 1 is 1.56 bits per heavy atom. The first-order valence-corrected chi connectivity index (χ1v) is 5.25. The molecular weight excluding hydrogens is 281 g/mol. The van der Waals surface area contributed by atoms with Crippen molar-refractivity contribution in [1.82, 2.24) is 9.97 Å². The first-order valence-electron chi connectivity index (χ1n) is 4.46. The number of rotatable bonds is 1. The minimum absolute atomic E-state index is 0.0294. The van der Waals surface area contributed by atoms with Crippen LogP contribution in [0.3, 0.4) is 0 Å². The second-order valence-electron chi connectivity index (χ2n) is 3.96. The zero-order valence-electron chi connectivity index (χ0n) is 9.04. The number of carbonyl (C=O) groups excluding carboxylic acids is 1. The lowest BCUT2D eigenvalue weighted by atomic mass is 10.2. The standard InChI is InChI=1S/C9H11BrFN3O2/c1-9(2,3)16-8(15)14-6-5(10)4-12-7(11)13-6/h4H,1-3H3,(H,12,13,14,15). The largest absolute Gasteiger partial charge is 0.444 e. The van der Waals surface area contributed by atoms with E-state index in [1.165, 1.54) is 6.20 Å². The molecule has 0 fully saturated rings. The quantitative estimate of drug-likeness (QED) is 0.808. The van der Waals surface area contributed by atoms with Crippen molar-refractivity contribution in [2.45, 2.75) is 26.4 Å². The van der Waals surface area contributed by atoms with E-state index in [1.54, 1.807) is 20.8 Å². The van der Waals surface area contributed by atoms with Gasteiger partial charge < -0.3 is 4.74 Å². The fourth-order valence-corrected chi connectivity index (χ4v) is 1.12. The van der Waals surface area contributed by atoms with Crippen molar-refractivity contribution in [2.75, 3.05) is 5.32 Å². The van der Waals surface area contributed by atoms with Crippen LogP contribution in [0, 0.1) is 6.08 Å². The van der Waals surface area contributed by atoms with Gasteiger partial charge >= 0.3 is 12.2 Å². The van der Waals surface area contributed by atoms with Gasteiger partial charge in [0.1, 0.15) is 5.60 Å². The van der Waals surface area contributed by atoms with Gasteiger partial charge in [0.25, 0.3) is 0 Å². The summed E-state index contributed by atoms with van der Waals surface area (Å²) >= 11 is 3.08. The molecule has 7 heteroatoms. The van der Waals surface area contributed by atoms with Gasteiger partial charge in [-0.05, 0) is 36.7 Å². The fraction of sp³-hybridized carbons (Fsp3) is 0.444.